The van der Waals surface area contributed by atoms with E-state index < -0.39 is 18.1 Å². The second kappa shape index (κ2) is 9.27. The minimum absolute atomic E-state index is 0.247. The van der Waals surface area contributed by atoms with E-state index in [1.54, 1.807) is 24.3 Å². The van der Waals surface area contributed by atoms with Gasteiger partial charge in [-0.2, -0.15) is 11.8 Å². The predicted octanol–water partition coefficient (Wildman–Crippen LogP) is 2.88. The number of para-hydroxylation sites is 1. The summed E-state index contributed by atoms with van der Waals surface area (Å²) in [6, 6.07) is 13.9. The number of hydrogen-bond acceptors (Lipinski definition) is 6. The molecule has 2 aromatic carbocycles. The van der Waals surface area contributed by atoms with Crippen LogP contribution in [0.2, 0.25) is 0 Å². The molecule has 5 nitrogen and oxygen atoms in total. The van der Waals surface area contributed by atoms with Crippen LogP contribution in [0.3, 0.4) is 0 Å². The fraction of sp³-hybridized carbons (Fsp3) is 0.263. The van der Waals surface area contributed by atoms with Gasteiger partial charge in [-0.25, -0.2) is 9.37 Å². The highest BCUT2D eigenvalue weighted by molar-refractivity contribution is 7.98. The van der Waals surface area contributed by atoms with E-state index in [2.05, 4.69) is 10.3 Å². The Hall–Kier alpha value is -2.00. The number of halogens is 1. The lowest BCUT2D eigenvalue weighted by molar-refractivity contribution is -0.135. The highest BCUT2D eigenvalue weighted by Gasteiger charge is 2.28. The summed E-state index contributed by atoms with van der Waals surface area (Å²) in [5, 5.41) is 23.2. The molecule has 8 heteroatoms. The maximum absolute atomic E-state index is 13.5. The maximum Gasteiger partial charge on any atom is 0.252 e. The Kier molecular flexibility index (Phi) is 6.78. The van der Waals surface area contributed by atoms with Crippen LogP contribution < -0.4 is 5.32 Å². The minimum Gasteiger partial charge on any atom is -0.383 e. The van der Waals surface area contributed by atoms with Crippen molar-refractivity contribution in [1.29, 1.82) is 0 Å². The maximum atomic E-state index is 13.5. The van der Waals surface area contributed by atoms with Crippen LogP contribution in [0.1, 0.15) is 16.7 Å². The van der Waals surface area contributed by atoms with Gasteiger partial charge in [0.15, 0.2) is 6.10 Å². The van der Waals surface area contributed by atoms with E-state index in [-0.39, 0.29) is 5.82 Å². The molecule has 1 heterocycles. The van der Waals surface area contributed by atoms with Crippen LogP contribution in [0.4, 0.5) is 4.39 Å². The summed E-state index contributed by atoms with van der Waals surface area (Å²) in [5.41, 5.74) is 1.33. The van der Waals surface area contributed by atoms with Crippen molar-refractivity contribution in [3.8, 4) is 0 Å². The lowest BCUT2D eigenvalue weighted by Gasteiger charge is -2.15. The molecule has 0 radical (unpaired) electrons. The molecule has 0 bridgehead atoms. The molecule has 0 aliphatic carbocycles. The van der Waals surface area contributed by atoms with E-state index in [0.717, 1.165) is 4.70 Å². The van der Waals surface area contributed by atoms with E-state index in [4.69, 9.17) is 0 Å². The molecule has 0 fully saturated rings. The van der Waals surface area contributed by atoms with Crippen molar-refractivity contribution in [1.82, 2.24) is 10.3 Å². The SMILES string of the molecule is O=C(NCCSCc1ccccc1F)C(O)C(O)c1nc2ccccc2s1. The van der Waals surface area contributed by atoms with Crippen molar-refractivity contribution in [2.24, 2.45) is 0 Å². The number of amides is 1. The zero-order valence-electron chi connectivity index (χ0n) is 14.3. The topological polar surface area (TPSA) is 82.5 Å². The summed E-state index contributed by atoms with van der Waals surface area (Å²) in [6.45, 7) is 0.307. The van der Waals surface area contributed by atoms with Crippen LogP contribution in [0.15, 0.2) is 48.5 Å². The fourth-order valence-corrected chi connectivity index (χ4v) is 4.27. The number of nitrogens with zero attached hydrogens (tertiary/aromatic N) is 1. The average Bonchev–Trinajstić information content (AvgIpc) is 3.12. The van der Waals surface area contributed by atoms with Crippen molar-refractivity contribution in [2.45, 2.75) is 18.0 Å². The van der Waals surface area contributed by atoms with E-state index in [0.29, 0.717) is 34.1 Å². The van der Waals surface area contributed by atoms with E-state index in [9.17, 15) is 19.4 Å². The first-order valence-corrected chi connectivity index (χ1v) is 10.3. The summed E-state index contributed by atoms with van der Waals surface area (Å²) < 4.78 is 14.4. The second-order valence-corrected chi connectivity index (χ2v) is 8.01. The third kappa shape index (κ3) is 5.04. The molecule has 142 valence electrons. The molecule has 3 N–H and O–H groups in total. The smallest absolute Gasteiger partial charge is 0.252 e. The molecule has 1 aromatic heterocycles. The summed E-state index contributed by atoms with van der Waals surface area (Å²) in [5.74, 6) is 0.153. The zero-order valence-corrected chi connectivity index (χ0v) is 16.0. The quantitative estimate of drug-likeness (QED) is 0.501. The number of thioether (sulfide) groups is 1. The third-order valence-corrected chi connectivity index (χ3v) is 6.01. The molecule has 3 rings (SSSR count). The molecule has 27 heavy (non-hydrogen) atoms. The van der Waals surface area contributed by atoms with Gasteiger partial charge >= 0.3 is 0 Å². The number of hydrogen-bond donors (Lipinski definition) is 3. The average molecular weight is 407 g/mol. The molecule has 0 aliphatic rings. The lowest BCUT2D eigenvalue weighted by Crippen LogP contribution is -2.39. The van der Waals surface area contributed by atoms with Gasteiger partial charge in [-0.1, -0.05) is 30.3 Å². The van der Waals surface area contributed by atoms with Gasteiger partial charge in [0, 0.05) is 18.1 Å². The van der Waals surface area contributed by atoms with Gasteiger partial charge in [0.1, 0.15) is 16.9 Å². The number of fused-ring (bicyclic) bond motifs is 1. The first-order valence-electron chi connectivity index (χ1n) is 8.36. The lowest BCUT2D eigenvalue weighted by atomic mass is 10.2. The molecular weight excluding hydrogens is 387 g/mol. The molecule has 0 saturated carbocycles. The summed E-state index contributed by atoms with van der Waals surface area (Å²) in [7, 11) is 0. The van der Waals surface area contributed by atoms with Crippen LogP contribution in [0.25, 0.3) is 10.2 Å². The van der Waals surface area contributed by atoms with Crippen molar-refractivity contribution < 1.29 is 19.4 Å². The highest BCUT2D eigenvalue weighted by atomic mass is 32.2. The van der Waals surface area contributed by atoms with Gasteiger partial charge in [-0.15, -0.1) is 11.3 Å². The number of rotatable bonds is 8. The van der Waals surface area contributed by atoms with Gasteiger partial charge in [0.2, 0.25) is 0 Å². The number of aliphatic hydroxyl groups excluding tert-OH is 2. The first-order chi connectivity index (χ1) is 13.1. The summed E-state index contributed by atoms with van der Waals surface area (Å²) >= 11 is 2.71. The summed E-state index contributed by atoms with van der Waals surface area (Å²) in [6.07, 6.45) is -2.98. The predicted molar refractivity (Wildman–Crippen MR) is 106 cm³/mol. The van der Waals surface area contributed by atoms with Gasteiger partial charge < -0.3 is 15.5 Å². The number of carbonyl (C=O) groups is 1. The van der Waals surface area contributed by atoms with Crippen LogP contribution in [0, 0.1) is 5.82 Å². The Labute approximate surface area is 164 Å². The Bertz CT molecular complexity index is 886. The van der Waals surface area contributed by atoms with Gasteiger partial charge in [0.05, 0.1) is 10.2 Å². The number of benzene rings is 2. The standard InChI is InChI=1S/C19H19FN2O3S2/c20-13-6-2-1-5-12(13)11-26-10-9-21-18(25)16(23)17(24)19-22-14-7-3-4-8-15(14)27-19/h1-8,16-17,23-24H,9-11H2,(H,21,25). The monoisotopic (exact) mass is 406 g/mol. The Balaban J connectivity index is 1.45. The Morgan fingerprint density at radius 1 is 1.19 bits per heavy atom. The van der Waals surface area contributed by atoms with Gasteiger partial charge in [-0.05, 0) is 23.8 Å². The normalized spacial score (nSPS) is 13.4. The van der Waals surface area contributed by atoms with Gasteiger partial charge in [-0.3, -0.25) is 4.79 Å². The van der Waals surface area contributed by atoms with E-state index in [1.165, 1.54) is 29.2 Å². The molecule has 0 aliphatic heterocycles. The Morgan fingerprint density at radius 2 is 1.93 bits per heavy atom. The van der Waals surface area contributed by atoms with Crippen LogP contribution in [-0.2, 0) is 10.5 Å². The number of thiazole rings is 1. The third-order valence-electron chi connectivity index (χ3n) is 3.89. The number of nitrogens with one attached hydrogen (secondary N) is 1. The second-order valence-electron chi connectivity index (χ2n) is 5.84. The number of aromatic nitrogens is 1. The highest BCUT2D eigenvalue weighted by Crippen LogP contribution is 2.28. The van der Waals surface area contributed by atoms with Crippen molar-refractivity contribution in [3.63, 3.8) is 0 Å². The minimum atomic E-state index is -1.60. The van der Waals surface area contributed by atoms with Crippen LogP contribution >= 0.6 is 23.1 Å². The largest absolute Gasteiger partial charge is 0.383 e. The summed E-state index contributed by atoms with van der Waals surface area (Å²) in [4.78, 5) is 16.3. The Morgan fingerprint density at radius 3 is 2.70 bits per heavy atom. The van der Waals surface area contributed by atoms with Crippen molar-refractivity contribution in [2.75, 3.05) is 12.3 Å². The van der Waals surface area contributed by atoms with Crippen LogP contribution in [-0.4, -0.2) is 39.5 Å². The molecule has 0 spiro atoms. The zero-order chi connectivity index (χ0) is 19.2. The van der Waals surface area contributed by atoms with Crippen molar-refractivity contribution >= 4 is 39.2 Å². The molecule has 2 unspecified atom stereocenters. The van der Waals surface area contributed by atoms with Crippen LogP contribution in [0.5, 0.6) is 0 Å². The molecule has 2 atom stereocenters. The molecule has 3 aromatic rings. The van der Waals surface area contributed by atoms with E-state index in [1.807, 2.05) is 18.2 Å². The molecule has 0 saturated heterocycles. The molecular formula is C19H19FN2O3S2. The van der Waals surface area contributed by atoms with Crippen molar-refractivity contribution in [3.05, 3.63) is 64.9 Å². The van der Waals surface area contributed by atoms with Gasteiger partial charge in [0.25, 0.3) is 5.91 Å². The fourth-order valence-electron chi connectivity index (χ4n) is 2.44. The first kappa shape index (κ1) is 19.8. The van der Waals surface area contributed by atoms with E-state index >= 15 is 0 Å². The molecule has 1 amide bonds. The number of carbonyl (C=O) groups excluding carboxylic acids is 1. The number of aliphatic hydroxyl groups is 2.